The van der Waals surface area contributed by atoms with E-state index in [2.05, 4.69) is 30.8 Å². The van der Waals surface area contributed by atoms with Crippen LogP contribution in [-0.4, -0.2) is 36.3 Å². The first kappa shape index (κ1) is 14.1. The summed E-state index contributed by atoms with van der Waals surface area (Å²) in [5.41, 5.74) is 0.507. The van der Waals surface area contributed by atoms with Gasteiger partial charge in [0, 0.05) is 19.7 Å². The standard InChI is InChI=1S/C13H14BrClN4O/c14-10-12(18-11(15)9(7-16)17-10)19-4-1-13(2-5-19)3-6-20-8-13/h1-6,8H2. The molecule has 0 atom stereocenters. The van der Waals surface area contributed by atoms with Gasteiger partial charge in [-0.15, -0.1) is 0 Å². The van der Waals surface area contributed by atoms with Gasteiger partial charge in [0.25, 0.3) is 0 Å². The number of piperidine rings is 1. The van der Waals surface area contributed by atoms with Crippen molar-refractivity contribution in [2.75, 3.05) is 31.2 Å². The topological polar surface area (TPSA) is 62.0 Å². The van der Waals surface area contributed by atoms with Gasteiger partial charge in [-0.3, -0.25) is 0 Å². The van der Waals surface area contributed by atoms with Crippen molar-refractivity contribution in [1.82, 2.24) is 9.97 Å². The quantitative estimate of drug-likeness (QED) is 0.773. The second-order valence-electron chi connectivity index (χ2n) is 5.38. The molecule has 0 amide bonds. The van der Waals surface area contributed by atoms with Crippen LogP contribution in [-0.2, 0) is 4.74 Å². The Balaban J connectivity index is 1.78. The normalized spacial score (nSPS) is 21.1. The highest BCUT2D eigenvalue weighted by Gasteiger charge is 2.38. The summed E-state index contributed by atoms with van der Waals surface area (Å²) < 4.78 is 6.12. The number of hydrogen-bond acceptors (Lipinski definition) is 5. The fraction of sp³-hybridized carbons (Fsp3) is 0.615. The molecule has 2 fully saturated rings. The van der Waals surface area contributed by atoms with Crippen LogP contribution >= 0.6 is 27.5 Å². The summed E-state index contributed by atoms with van der Waals surface area (Å²) in [6, 6.07) is 1.94. The number of nitriles is 1. The van der Waals surface area contributed by atoms with E-state index in [1.165, 1.54) is 0 Å². The SMILES string of the molecule is N#Cc1nc(Br)c(N2CCC3(CCOC3)CC2)nc1Cl. The van der Waals surface area contributed by atoms with Gasteiger partial charge in [-0.25, -0.2) is 9.97 Å². The average Bonchev–Trinajstić information content (AvgIpc) is 2.90. The van der Waals surface area contributed by atoms with E-state index in [0.717, 1.165) is 51.4 Å². The number of ether oxygens (including phenoxy) is 1. The second kappa shape index (κ2) is 5.47. The van der Waals surface area contributed by atoms with Gasteiger partial charge < -0.3 is 9.64 Å². The monoisotopic (exact) mass is 356 g/mol. The first-order chi connectivity index (χ1) is 9.63. The molecule has 1 spiro atoms. The van der Waals surface area contributed by atoms with Gasteiger partial charge in [0.1, 0.15) is 10.7 Å². The Morgan fingerprint density at radius 2 is 2.05 bits per heavy atom. The van der Waals surface area contributed by atoms with Crippen molar-refractivity contribution in [2.24, 2.45) is 5.41 Å². The maximum Gasteiger partial charge on any atom is 0.179 e. The lowest BCUT2D eigenvalue weighted by Crippen LogP contribution is -2.41. The van der Waals surface area contributed by atoms with E-state index < -0.39 is 0 Å². The third-order valence-electron chi connectivity index (χ3n) is 4.21. The van der Waals surface area contributed by atoms with E-state index in [9.17, 15) is 0 Å². The Kier molecular flexibility index (Phi) is 3.85. The molecule has 0 N–H and O–H groups in total. The van der Waals surface area contributed by atoms with Crippen LogP contribution in [0, 0.1) is 16.7 Å². The molecule has 0 aliphatic carbocycles. The van der Waals surface area contributed by atoms with E-state index in [4.69, 9.17) is 21.6 Å². The molecule has 1 aromatic rings. The molecule has 20 heavy (non-hydrogen) atoms. The molecular weight excluding hydrogens is 344 g/mol. The molecule has 0 radical (unpaired) electrons. The molecule has 7 heteroatoms. The zero-order valence-electron chi connectivity index (χ0n) is 10.9. The highest BCUT2D eigenvalue weighted by atomic mass is 79.9. The fourth-order valence-electron chi connectivity index (χ4n) is 2.90. The molecule has 3 heterocycles. The van der Waals surface area contributed by atoms with Gasteiger partial charge in [0.05, 0.1) is 6.61 Å². The molecule has 2 saturated heterocycles. The van der Waals surface area contributed by atoms with Crippen molar-refractivity contribution >= 4 is 33.3 Å². The van der Waals surface area contributed by atoms with E-state index in [0.29, 0.717) is 10.0 Å². The summed E-state index contributed by atoms with van der Waals surface area (Å²) in [4.78, 5) is 10.6. The van der Waals surface area contributed by atoms with Crippen LogP contribution in [0.25, 0.3) is 0 Å². The molecule has 106 valence electrons. The molecular formula is C13H14BrClN4O. The zero-order chi connectivity index (χ0) is 14.2. The van der Waals surface area contributed by atoms with Crippen LogP contribution in [0.2, 0.25) is 5.15 Å². The highest BCUT2D eigenvalue weighted by molar-refractivity contribution is 9.10. The molecule has 2 aliphatic rings. The third-order valence-corrected chi connectivity index (χ3v) is 5.00. The first-order valence-electron chi connectivity index (χ1n) is 6.59. The van der Waals surface area contributed by atoms with Gasteiger partial charge in [-0.05, 0) is 40.6 Å². The van der Waals surface area contributed by atoms with Gasteiger partial charge in [-0.1, -0.05) is 11.6 Å². The van der Waals surface area contributed by atoms with Crippen molar-refractivity contribution in [1.29, 1.82) is 5.26 Å². The van der Waals surface area contributed by atoms with Crippen LogP contribution in [0.15, 0.2) is 4.60 Å². The van der Waals surface area contributed by atoms with E-state index in [-0.39, 0.29) is 10.8 Å². The van der Waals surface area contributed by atoms with E-state index in [1.807, 2.05) is 6.07 Å². The number of anilines is 1. The van der Waals surface area contributed by atoms with Gasteiger partial charge >= 0.3 is 0 Å². The zero-order valence-corrected chi connectivity index (χ0v) is 13.2. The predicted octanol–water partition coefficient (Wildman–Crippen LogP) is 2.77. The van der Waals surface area contributed by atoms with Crippen molar-refractivity contribution in [3.63, 3.8) is 0 Å². The Morgan fingerprint density at radius 3 is 2.65 bits per heavy atom. The highest BCUT2D eigenvalue weighted by Crippen LogP contribution is 2.40. The summed E-state index contributed by atoms with van der Waals surface area (Å²) >= 11 is 9.36. The smallest absolute Gasteiger partial charge is 0.179 e. The molecule has 0 aromatic carbocycles. The average molecular weight is 358 g/mol. The Hall–Kier alpha value is -0.900. The second-order valence-corrected chi connectivity index (χ2v) is 6.49. The minimum absolute atomic E-state index is 0.153. The third kappa shape index (κ3) is 2.50. The maximum absolute atomic E-state index is 8.90. The van der Waals surface area contributed by atoms with Gasteiger partial charge in [0.15, 0.2) is 16.7 Å². The van der Waals surface area contributed by atoms with Gasteiger partial charge in [0.2, 0.25) is 0 Å². The molecule has 1 aromatic heterocycles. The number of aromatic nitrogens is 2. The van der Waals surface area contributed by atoms with E-state index in [1.54, 1.807) is 0 Å². The van der Waals surface area contributed by atoms with Crippen LogP contribution in [0.1, 0.15) is 25.0 Å². The minimum atomic E-state index is 0.153. The summed E-state index contributed by atoms with van der Waals surface area (Å²) in [5, 5.41) is 9.06. The van der Waals surface area contributed by atoms with E-state index >= 15 is 0 Å². The van der Waals surface area contributed by atoms with Crippen molar-refractivity contribution in [3.8, 4) is 6.07 Å². The molecule has 3 rings (SSSR count). The van der Waals surface area contributed by atoms with Crippen LogP contribution in [0.5, 0.6) is 0 Å². The maximum atomic E-state index is 8.90. The summed E-state index contributed by atoms with van der Waals surface area (Å²) in [6.45, 7) is 3.59. The molecule has 2 aliphatic heterocycles. The summed E-state index contributed by atoms with van der Waals surface area (Å²) in [5.74, 6) is 0.725. The first-order valence-corrected chi connectivity index (χ1v) is 7.76. The molecule has 0 bridgehead atoms. The summed E-state index contributed by atoms with van der Waals surface area (Å²) in [7, 11) is 0. The lowest BCUT2D eigenvalue weighted by atomic mass is 9.78. The Morgan fingerprint density at radius 1 is 1.30 bits per heavy atom. The largest absolute Gasteiger partial charge is 0.381 e. The van der Waals surface area contributed by atoms with Crippen LogP contribution in [0.3, 0.4) is 0 Å². The lowest BCUT2D eigenvalue weighted by molar-refractivity contribution is 0.133. The number of halogens is 2. The molecule has 5 nitrogen and oxygen atoms in total. The fourth-order valence-corrected chi connectivity index (χ4v) is 3.58. The molecule has 0 unspecified atom stereocenters. The lowest BCUT2D eigenvalue weighted by Gasteiger charge is -2.39. The molecule has 0 saturated carbocycles. The number of rotatable bonds is 1. The predicted molar refractivity (Wildman–Crippen MR) is 78.8 cm³/mol. The minimum Gasteiger partial charge on any atom is -0.381 e. The van der Waals surface area contributed by atoms with Crippen LogP contribution < -0.4 is 4.90 Å². The Bertz CT molecular complexity index is 558. The Labute approximate surface area is 131 Å². The van der Waals surface area contributed by atoms with Crippen molar-refractivity contribution in [2.45, 2.75) is 19.3 Å². The van der Waals surface area contributed by atoms with Crippen molar-refractivity contribution in [3.05, 3.63) is 15.5 Å². The van der Waals surface area contributed by atoms with Gasteiger partial charge in [-0.2, -0.15) is 5.26 Å². The van der Waals surface area contributed by atoms with Crippen LogP contribution in [0.4, 0.5) is 5.82 Å². The number of hydrogen-bond donors (Lipinski definition) is 0. The number of nitrogens with zero attached hydrogens (tertiary/aromatic N) is 4. The van der Waals surface area contributed by atoms with Crippen molar-refractivity contribution < 1.29 is 4.74 Å². The summed E-state index contributed by atoms with van der Waals surface area (Å²) in [6.07, 6.45) is 3.35.